The normalized spacial score (nSPS) is 10.8. The molecule has 1 aromatic carbocycles. The van der Waals surface area contributed by atoms with Gasteiger partial charge in [-0.25, -0.2) is 0 Å². The van der Waals surface area contributed by atoms with Gasteiger partial charge < -0.3 is 14.6 Å². The highest BCUT2D eigenvalue weighted by atomic mass is 35.5. The molecular weight excluding hydrogens is 260 g/mol. The van der Waals surface area contributed by atoms with E-state index in [1.807, 2.05) is 51.4 Å². The molecule has 102 valence electrons. The summed E-state index contributed by atoms with van der Waals surface area (Å²) in [6.07, 6.45) is 2.16. The van der Waals surface area contributed by atoms with E-state index in [9.17, 15) is 0 Å². The van der Waals surface area contributed by atoms with Crippen molar-refractivity contribution in [3.05, 3.63) is 47.2 Å². The van der Waals surface area contributed by atoms with E-state index in [0.717, 1.165) is 18.0 Å². The van der Waals surface area contributed by atoms with Crippen LogP contribution in [-0.2, 0) is 13.6 Å². The first-order valence-electron chi connectivity index (χ1n) is 6.36. The number of halogens is 1. The van der Waals surface area contributed by atoms with Crippen LogP contribution in [0, 0.1) is 0 Å². The summed E-state index contributed by atoms with van der Waals surface area (Å²) >= 11 is 6.20. The SMILES string of the molecule is CC(C)Oc1ccc(NCc2cccn2C)cc1Cl. The maximum atomic E-state index is 6.20. The van der Waals surface area contributed by atoms with E-state index in [1.54, 1.807) is 0 Å². The molecule has 3 nitrogen and oxygen atoms in total. The van der Waals surface area contributed by atoms with Gasteiger partial charge in [0.05, 0.1) is 17.7 Å². The van der Waals surface area contributed by atoms with E-state index in [2.05, 4.69) is 16.0 Å². The molecule has 0 saturated carbocycles. The Labute approximate surface area is 119 Å². The molecule has 0 spiro atoms. The van der Waals surface area contributed by atoms with Crippen molar-refractivity contribution in [2.24, 2.45) is 7.05 Å². The number of hydrogen-bond acceptors (Lipinski definition) is 2. The Morgan fingerprint density at radius 3 is 2.68 bits per heavy atom. The molecule has 0 amide bonds. The lowest BCUT2D eigenvalue weighted by molar-refractivity contribution is 0.242. The Bertz CT molecular complexity index is 549. The summed E-state index contributed by atoms with van der Waals surface area (Å²) in [6.45, 7) is 4.74. The van der Waals surface area contributed by atoms with Crippen LogP contribution < -0.4 is 10.1 Å². The average Bonchev–Trinajstić information content (AvgIpc) is 2.75. The Morgan fingerprint density at radius 2 is 2.11 bits per heavy atom. The van der Waals surface area contributed by atoms with E-state index in [-0.39, 0.29) is 6.10 Å². The molecule has 2 rings (SSSR count). The van der Waals surface area contributed by atoms with Crippen molar-refractivity contribution in [1.82, 2.24) is 4.57 Å². The zero-order valence-electron chi connectivity index (χ0n) is 11.5. The van der Waals surface area contributed by atoms with E-state index >= 15 is 0 Å². The van der Waals surface area contributed by atoms with Crippen LogP contribution in [-0.4, -0.2) is 10.7 Å². The van der Waals surface area contributed by atoms with Gasteiger partial charge in [-0.2, -0.15) is 0 Å². The quantitative estimate of drug-likeness (QED) is 0.892. The molecule has 19 heavy (non-hydrogen) atoms. The van der Waals surface area contributed by atoms with Crippen LogP contribution in [0.4, 0.5) is 5.69 Å². The zero-order chi connectivity index (χ0) is 13.8. The van der Waals surface area contributed by atoms with Crippen LogP contribution in [0.1, 0.15) is 19.5 Å². The van der Waals surface area contributed by atoms with Crippen molar-refractivity contribution in [3.63, 3.8) is 0 Å². The van der Waals surface area contributed by atoms with Crippen LogP contribution in [0.15, 0.2) is 36.5 Å². The Balaban J connectivity index is 2.02. The molecule has 1 aromatic heterocycles. The van der Waals surface area contributed by atoms with Gasteiger partial charge in [0.15, 0.2) is 0 Å². The predicted molar refractivity (Wildman–Crippen MR) is 80.0 cm³/mol. The molecule has 0 unspecified atom stereocenters. The standard InChI is InChI=1S/C15H19ClN2O/c1-11(2)19-15-7-6-12(9-14(15)16)17-10-13-5-4-8-18(13)3/h4-9,11,17H,10H2,1-3H3. The van der Waals surface area contributed by atoms with E-state index in [0.29, 0.717) is 5.02 Å². The van der Waals surface area contributed by atoms with Gasteiger partial charge in [0.25, 0.3) is 0 Å². The summed E-state index contributed by atoms with van der Waals surface area (Å²) in [5, 5.41) is 3.98. The van der Waals surface area contributed by atoms with Gasteiger partial charge in [-0.3, -0.25) is 0 Å². The fourth-order valence-corrected chi connectivity index (χ4v) is 2.06. The molecule has 0 aliphatic carbocycles. The topological polar surface area (TPSA) is 26.2 Å². The number of rotatable bonds is 5. The van der Waals surface area contributed by atoms with Crippen molar-refractivity contribution >= 4 is 17.3 Å². The fourth-order valence-electron chi connectivity index (χ4n) is 1.83. The summed E-state index contributed by atoms with van der Waals surface area (Å²) in [5.74, 6) is 0.723. The first-order chi connectivity index (χ1) is 9.06. The first kappa shape index (κ1) is 13.8. The van der Waals surface area contributed by atoms with E-state index < -0.39 is 0 Å². The second-order valence-corrected chi connectivity index (χ2v) is 5.18. The molecule has 4 heteroatoms. The molecule has 1 heterocycles. The molecule has 0 fully saturated rings. The van der Waals surface area contributed by atoms with Gasteiger partial charge in [0, 0.05) is 24.6 Å². The predicted octanol–water partition coefficient (Wildman–Crippen LogP) is 4.08. The Hall–Kier alpha value is -1.61. The minimum absolute atomic E-state index is 0.125. The second-order valence-electron chi connectivity index (χ2n) is 4.78. The van der Waals surface area contributed by atoms with E-state index in [4.69, 9.17) is 16.3 Å². The smallest absolute Gasteiger partial charge is 0.138 e. The third-order valence-corrected chi connectivity index (χ3v) is 3.11. The summed E-state index contributed by atoms with van der Waals surface area (Å²) < 4.78 is 7.69. The number of nitrogens with zero attached hydrogens (tertiary/aromatic N) is 1. The Morgan fingerprint density at radius 1 is 1.32 bits per heavy atom. The molecule has 0 aliphatic heterocycles. The summed E-state index contributed by atoms with van der Waals surface area (Å²) in [5.41, 5.74) is 2.21. The largest absolute Gasteiger partial charge is 0.489 e. The number of aryl methyl sites for hydroxylation is 1. The third-order valence-electron chi connectivity index (χ3n) is 2.82. The van der Waals surface area contributed by atoms with Gasteiger partial charge in [0.1, 0.15) is 5.75 Å². The van der Waals surface area contributed by atoms with Crippen molar-refractivity contribution in [3.8, 4) is 5.75 Å². The third kappa shape index (κ3) is 3.67. The number of nitrogens with one attached hydrogen (secondary N) is 1. The van der Waals surface area contributed by atoms with Crippen LogP contribution in [0.3, 0.4) is 0 Å². The average molecular weight is 279 g/mol. The van der Waals surface area contributed by atoms with Crippen LogP contribution in [0.5, 0.6) is 5.75 Å². The van der Waals surface area contributed by atoms with Crippen molar-refractivity contribution in [2.45, 2.75) is 26.5 Å². The van der Waals surface area contributed by atoms with Gasteiger partial charge in [-0.1, -0.05) is 11.6 Å². The number of ether oxygens (including phenoxy) is 1. The zero-order valence-corrected chi connectivity index (χ0v) is 12.2. The molecule has 1 N–H and O–H groups in total. The van der Waals surface area contributed by atoms with Gasteiger partial charge in [-0.05, 0) is 44.2 Å². The lowest BCUT2D eigenvalue weighted by Gasteiger charge is -2.13. The highest BCUT2D eigenvalue weighted by Gasteiger charge is 2.05. The number of benzene rings is 1. The highest BCUT2D eigenvalue weighted by Crippen LogP contribution is 2.28. The molecule has 0 aliphatic rings. The minimum atomic E-state index is 0.125. The molecule has 0 atom stereocenters. The van der Waals surface area contributed by atoms with Crippen LogP contribution in [0.25, 0.3) is 0 Å². The van der Waals surface area contributed by atoms with Gasteiger partial charge in [-0.15, -0.1) is 0 Å². The molecule has 0 bridgehead atoms. The monoisotopic (exact) mass is 278 g/mol. The van der Waals surface area contributed by atoms with Crippen molar-refractivity contribution < 1.29 is 4.74 Å². The Kier molecular flexibility index (Phi) is 4.38. The molecule has 0 saturated heterocycles. The molecule has 0 radical (unpaired) electrons. The first-order valence-corrected chi connectivity index (χ1v) is 6.74. The summed E-state index contributed by atoms with van der Waals surface area (Å²) in [6, 6.07) is 9.89. The van der Waals surface area contributed by atoms with E-state index in [1.165, 1.54) is 5.69 Å². The molecular formula is C15H19ClN2O. The van der Waals surface area contributed by atoms with Gasteiger partial charge in [0.2, 0.25) is 0 Å². The highest BCUT2D eigenvalue weighted by molar-refractivity contribution is 6.32. The maximum Gasteiger partial charge on any atom is 0.138 e. The second kappa shape index (κ2) is 6.02. The van der Waals surface area contributed by atoms with Crippen LogP contribution in [0.2, 0.25) is 5.02 Å². The summed E-state index contributed by atoms with van der Waals surface area (Å²) in [4.78, 5) is 0. The van der Waals surface area contributed by atoms with Gasteiger partial charge >= 0.3 is 0 Å². The number of hydrogen-bond donors (Lipinski definition) is 1. The van der Waals surface area contributed by atoms with Crippen molar-refractivity contribution in [2.75, 3.05) is 5.32 Å². The molecule has 2 aromatic rings. The number of aromatic nitrogens is 1. The van der Waals surface area contributed by atoms with Crippen LogP contribution >= 0.6 is 11.6 Å². The fraction of sp³-hybridized carbons (Fsp3) is 0.333. The lowest BCUT2D eigenvalue weighted by Crippen LogP contribution is -2.07. The minimum Gasteiger partial charge on any atom is -0.489 e. The summed E-state index contributed by atoms with van der Waals surface area (Å²) in [7, 11) is 2.03. The van der Waals surface area contributed by atoms with Crippen molar-refractivity contribution in [1.29, 1.82) is 0 Å². The number of anilines is 1. The lowest BCUT2D eigenvalue weighted by atomic mass is 10.3. The maximum absolute atomic E-state index is 6.20.